The van der Waals surface area contributed by atoms with E-state index in [9.17, 15) is 0 Å². The summed E-state index contributed by atoms with van der Waals surface area (Å²) in [7, 11) is 0. The molecule has 0 spiro atoms. The van der Waals surface area contributed by atoms with Gasteiger partial charge in [-0.15, -0.1) is 11.6 Å². The molecule has 0 aromatic carbocycles. The first-order chi connectivity index (χ1) is 8.62. The lowest BCUT2D eigenvalue weighted by Gasteiger charge is -2.31. The minimum Gasteiger partial charge on any atom is -0.120 e. The molecule has 0 radical (unpaired) electrons. The summed E-state index contributed by atoms with van der Waals surface area (Å²) in [6, 6.07) is 0. The SMILES string of the molecule is CC1(C)CCCCCCC(C)(I)CCC(C)(Cl)CC1. The Morgan fingerprint density at radius 2 is 1.21 bits per heavy atom. The molecule has 114 valence electrons. The molecule has 0 saturated heterocycles. The second-order valence-corrected chi connectivity index (χ2v) is 11.4. The largest absolute Gasteiger partial charge is 0.120 e. The van der Waals surface area contributed by atoms with E-state index in [1.54, 1.807) is 0 Å². The fourth-order valence-electron chi connectivity index (χ4n) is 2.95. The first kappa shape index (κ1) is 18.1. The van der Waals surface area contributed by atoms with Gasteiger partial charge in [0.15, 0.2) is 0 Å². The van der Waals surface area contributed by atoms with E-state index in [4.69, 9.17) is 11.6 Å². The Hall–Kier alpha value is 1.02. The van der Waals surface area contributed by atoms with Gasteiger partial charge in [0, 0.05) is 8.30 Å². The lowest BCUT2D eigenvalue weighted by molar-refractivity contribution is 0.270. The average molecular weight is 399 g/mol. The van der Waals surface area contributed by atoms with Gasteiger partial charge in [0.05, 0.1) is 0 Å². The fraction of sp³-hybridized carbons (Fsp3) is 1.00. The number of hydrogen-bond acceptors (Lipinski definition) is 0. The van der Waals surface area contributed by atoms with Gasteiger partial charge in [-0.3, -0.25) is 0 Å². The number of alkyl halides is 2. The molecule has 19 heavy (non-hydrogen) atoms. The van der Waals surface area contributed by atoms with Crippen LogP contribution in [0.1, 0.15) is 91.9 Å². The van der Waals surface area contributed by atoms with E-state index in [2.05, 4.69) is 50.3 Å². The van der Waals surface area contributed by atoms with Crippen LogP contribution in [0.3, 0.4) is 0 Å². The summed E-state index contributed by atoms with van der Waals surface area (Å²) >= 11 is 9.42. The summed E-state index contributed by atoms with van der Waals surface area (Å²) in [6.07, 6.45) is 13.2. The normalized spacial score (nSPS) is 38.8. The maximum absolute atomic E-state index is 6.76. The fourth-order valence-corrected chi connectivity index (χ4v) is 3.79. The summed E-state index contributed by atoms with van der Waals surface area (Å²) in [5.74, 6) is 0. The van der Waals surface area contributed by atoms with Crippen molar-refractivity contribution in [2.75, 3.05) is 0 Å². The third-order valence-corrected chi connectivity index (χ3v) is 6.25. The third kappa shape index (κ3) is 8.14. The van der Waals surface area contributed by atoms with Gasteiger partial charge >= 0.3 is 0 Å². The zero-order valence-electron chi connectivity index (χ0n) is 13.3. The predicted octanol–water partition coefficient (Wildman–Crippen LogP) is 7.12. The third-order valence-electron chi connectivity index (χ3n) is 4.79. The molecule has 2 atom stereocenters. The molecule has 0 bridgehead atoms. The molecular weight excluding hydrogens is 367 g/mol. The molecule has 0 amide bonds. The Balaban J connectivity index is 2.63. The van der Waals surface area contributed by atoms with Crippen molar-refractivity contribution < 1.29 is 0 Å². The molecule has 2 heteroatoms. The summed E-state index contributed by atoms with van der Waals surface area (Å²) in [6.45, 7) is 9.49. The van der Waals surface area contributed by atoms with E-state index in [-0.39, 0.29) is 4.87 Å². The van der Waals surface area contributed by atoms with E-state index >= 15 is 0 Å². The van der Waals surface area contributed by atoms with E-state index < -0.39 is 0 Å². The van der Waals surface area contributed by atoms with Crippen molar-refractivity contribution in [2.45, 2.75) is 100 Å². The Kier molecular flexibility index (Phi) is 6.97. The highest BCUT2D eigenvalue weighted by atomic mass is 127. The van der Waals surface area contributed by atoms with Gasteiger partial charge in [0.1, 0.15) is 0 Å². The van der Waals surface area contributed by atoms with E-state index in [0.717, 1.165) is 12.8 Å². The number of halogens is 2. The Bertz CT molecular complexity index is 242. The van der Waals surface area contributed by atoms with Gasteiger partial charge in [0.25, 0.3) is 0 Å². The van der Waals surface area contributed by atoms with Crippen LogP contribution in [-0.4, -0.2) is 8.30 Å². The second-order valence-electron chi connectivity index (χ2n) is 7.91. The molecule has 0 aromatic rings. The monoisotopic (exact) mass is 398 g/mol. The molecule has 1 rings (SSSR count). The average Bonchev–Trinajstić information content (AvgIpc) is 2.29. The Morgan fingerprint density at radius 1 is 0.684 bits per heavy atom. The molecule has 1 aliphatic rings. The molecule has 2 unspecified atom stereocenters. The van der Waals surface area contributed by atoms with Crippen LogP contribution in [0.25, 0.3) is 0 Å². The van der Waals surface area contributed by atoms with Gasteiger partial charge in [-0.05, 0) is 50.9 Å². The van der Waals surface area contributed by atoms with Gasteiger partial charge in [-0.25, -0.2) is 0 Å². The highest BCUT2D eigenvalue weighted by Gasteiger charge is 2.29. The second kappa shape index (κ2) is 7.33. The number of hydrogen-bond donors (Lipinski definition) is 0. The molecule has 0 nitrogen and oxygen atoms in total. The van der Waals surface area contributed by atoms with Crippen LogP contribution in [0.15, 0.2) is 0 Å². The van der Waals surface area contributed by atoms with Crippen molar-refractivity contribution in [3.63, 3.8) is 0 Å². The first-order valence-corrected chi connectivity index (χ1v) is 9.46. The van der Waals surface area contributed by atoms with Gasteiger partial charge in [-0.2, -0.15) is 0 Å². The molecule has 0 aromatic heterocycles. The van der Waals surface area contributed by atoms with Crippen LogP contribution in [0.2, 0.25) is 0 Å². The van der Waals surface area contributed by atoms with Crippen LogP contribution in [0.4, 0.5) is 0 Å². The van der Waals surface area contributed by atoms with Crippen molar-refractivity contribution in [3.05, 3.63) is 0 Å². The quantitative estimate of drug-likeness (QED) is 0.301. The highest BCUT2D eigenvalue weighted by molar-refractivity contribution is 14.1. The first-order valence-electron chi connectivity index (χ1n) is 8.00. The smallest absolute Gasteiger partial charge is 0.0419 e. The van der Waals surface area contributed by atoms with Crippen LogP contribution >= 0.6 is 34.2 Å². The molecule has 1 saturated carbocycles. The van der Waals surface area contributed by atoms with E-state index in [1.807, 2.05) is 0 Å². The Labute approximate surface area is 139 Å². The maximum Gasteiger partial charge on any atom is 0.0419 e. The van der Waals surface area contributed by atoms with E-state index in [0.29, 0.717) is 8.84 Å². The van der Waals surface area contributed by atoms with Crippen molar-refractivity contribution in [1.29, 1.82) is 0 Å². The zero-order chi connectivity index (χ0) is 14.6. The minimum absolute atomic E-state index is 0.00223. The van der Waals surface area contributed by atoms with Crippen molar-refractivity contribution in [3.8, 4) is 0 Å². The summed E-state index contributed by atoms with van der Waals surface area (Å²) < 4.78 is 0.442. The summed E-state index contributed by atoms with van der Waals surface area (Å²) in [4.78, 5) is -0.00223. The molecule has 0 aliphatic heterocycles. The number of rotatable bonds is 0. The topological polar surface area (TPSA) is 0 Å². The minimum atomic E-state index is -0.00223. The highest BCUT2D eigenvalue weighted by Crippen LogP contribution is 2.40. The molecule has 0 heterocycles. The van der Waals surface area contributed by atoms with E-state index in [1.165, 1.54) is 51.4 Å². The molecular formula is C17H32ClI. The molecule has 1 fully saturated rings. The van der Waals surface area contributed by atoms with Gasteiger partial charge in [-0.1, -0.05) is 69.0 Å². The van der Waals surface area contributed by atoms with Gasteiger partial charge < -0.3 is 0 Å². The van der Waals surface area contributed by atoms with Crippen LogP contribution in [-0.2, 0) is 0 Å². The maximum atomic E-state index is 6.76. The predicted molar refractivity (Wildman–Crippen MR) is 96.6 cm³/mol. The zero-order valence-corrected chi connectivity index (χ0v) is 16.2. The van der Waals surface area contributed by atoms with Crippen LogP contribution in [0, 0.1) is 5.41 Å². The summed E-state index contributed by atoms with van der Waals surface area (Å²) in [5.41, 5.74) is 0.470. The van der Waals surface area contributed by atoms with Gasteiger partial charge in [0.2, 0.25) is 0 Å². The molecule has 1 aliphatic carbocycles. The van der Waals surface area contributed by atoms with Crippen LogP contribution in [0.5, 0.6) is 0 Å². The van der Waals surface area contributed by atoms with Crippen LogP contribution < -0.4 is 0 Å². The Morgan fingerprint density at radius 3 is 1.84 bits per heavy atom. The van der Waals surface area contributed by atoms with Crippen molar-refractivity contribution >= 4 is 34.2 Å². The molecule has 0 N–H and O–H groups in total. The lowest BCUT2D eigenvalue weighted by Crippen LogP contribution is -2.25. The lowest BCUT2D eigenvalue weighted by atomic mass is 9.79. The van der Waals surface area contributed by atoms with Crippen molar-refractivity contribution in [2.24, 2.45) is 5.41 Å². The standard InChI is InChI=1S/C17H32ClI/c1-15(2)9-7-5-6-8-10-17(4,19)14-13-16(3,18)12-11-15/h5-14H2,1-4H3. The van der Waals surface area contributed by atoms with Crippen molar-refractivity contribution in [1.82, 2.24) is 0 Å². The summed E-state index contributed by atoms with van der Waals surface area (Å²) in [5, 5.41) is 0.